The van der Waals surface area contributed by atoms with Gasteiger partial charge in [0.05, 0.1) is 11.4 Å². The third-order valence-electron chi connectivity index (χ3n) is 6.96. The first kappa shape index (κ1) is 23.4. The molecule has 1 atom stereocenters. The van der Waals surface area contributed by atoms with E-state index in [1.807, 2.05) is 59.4 Å². The number of para-hydroxylation sites is 1. The molecule has 5 rings (SSSR count). The summed E-state index contributed by atoms with van der Waals surface area (Å²) in [5.41, 5.74) is 3.83. The van der Waals surface area contributed by atoms with Crippen LogP contribution in [-0.2, 0) is 11.2 Å². The second-order valence-electron chi connectivity index (χ2n) is 9.44. The SMILES string of the molecule is C[C@H]1CCCCN1CCCNC(=O)CCc1cn(-c2ccccc2)nc1-c1ccc2c(c1)OCO2. The van der Waals surface area contributed by atoms with Gasteiger partial charge >= 0.3 is 0 Å². The van der Waals surface area contributed by atoms with Crippen LogP contribution in [0.2, 0.25) is 0 Å². The number of nitrogens with zero attached hydrogens (tertiary/aromatic N) is 3. The minimum absolute atomic E-state index is 0.0841. The normalized spacial score (nSPS) is 17.5. The zero-order chi connectivity index (χ0) is 24.0. The summed E-state index contributed by atoms with van der Waals surface area (Å²) in [4.78, 5) is 15.2. The summed E-state index contributed by atoms with van der Waals surface area (Å²) < 4.78 is 12.9. The molecule has 1 N–H and O–H groups in total. The summed E-state index contributed by atoms with van der Waals surface area (Å²) in [5, 5.41) is 7.98. The third kappa shape index (κ3) is 5.68. The molecule has 35 heavy (non-hydrogen) atoms. The zero-order valence-corrected chi connectivity index (χ0v) is 20.4. The molecule has 1 fully saturated rings. The Bertz CT molecular complexity index is 1140. The van der Waals surface area contributed by atoms with Crippen molar-refractivity contribution in [3.8, 4) is 28.4 Å². The number of likely N-dealkylation sites (tertiary alicyclic amines) is 1. The summed E-state index contributed by atoms with van der Waals surface area (Å²) >= 11 is 0. The van der Waals surface area contributed by atoms with E-state index in [0.717, 1.165) is 53.5 Å². The summed E-state index contributed by atoms with van der Waals surface area (Å²) in [6.07, 6.45) is 7.98. The van der Waals surface area contributed by atoms with Gasteiger partial charge in [0.2, 0.25) is 12.7 Å². The largest absolute Gasteiger partial charge is 0.454 e. The average Bonchev–Trinajstić information content (AvgIpc) is 3.53. The highest BCUT2D eigenvalue weighted by Crippen LogP contribution is 2.36. The molecule has 0 aliphatic carbocycles. The topological polar surface area (TPSA) is 68.6 Å². The second kappa shape index (κ2) is 11.0. The number of hydrogen-bond donors (Lipinski definition) is 1. The lowest BCUT2D eigenvalue weighted by atomic mass is 10.0. The van der Waals surface area contributed by atoms with E-state index < -0.39 is 0 Å². The van der Waals surface area contributed by atoms with Crippen molar-refractivity contribution in [3.05, 3.63) is 60.3 Å². The van der Waals surface area contributed by atoms with E-state index in [1.54, 1.807) is 0 Å². The number of carbonyl (C=O) groups excluding carboxylic acids is 1. The number of amides is 1. The Morgan fingerprint density at radius 3 is 2.83 bits per heavy atom. The van der Waals surface area contributed by atoms with Gasteiger partial charge in [-0.15, -0.1) is 0 Å². The van der Waals surface area contributed by atoms with E-state index in [-0.39, 0.29) is 12.7 Å². The molecule has 3 aromatic rings. The maximum atomic E-state index is 12.6. The maximum Gasteiger partial charge on any atom is 0.231 e. The van der Waals surface area contributed by atoms with E-state index in [4.69, 9.17) is 14.6 Å². The molecule has 184 valence electrons. The Morgan fingerprint density at radius 2 is 1.97 bits per heavy atom. The molecular weight excluding hydrogens is 440 g/mol. The number of benzene rings is 2. The Hall–Kier alpha value is -3.32. The summed E-state index contributed by atoms with van der Waals surface area (Å²) in [6.45, 7) is 5.51. The van der Waals surface area contributed by atoms with Gasteiger partial charge < -0.3 is 19.7 Å². The molecule has 2 aromatic carbocycles. The fraction of sp³-hybridized carbons (Fsp3) is 0.429. The highest BCUT2D eigenvalue weighted by Gasteiger charge is 2.19. The number of hydrogen-bond acceptors (Lipinski definition) is 5. The molecule has 0 unspecified atom stereocenters. The molecule has 0 radical (unpaired) electrons. The first-order chi connectivity index (χ1) is 17.2. The number of piperidine rings is 1. The average molecular weight is 475 g/mol. The number of aromatic nitrogens is 2. The van der Waals surface area contributed by atoms with Crippen LogP contribution in [0.4, 0.5) is 0 Å². The van der Waals surface area contributed by atoms with Crippen molar-refractivity contribution in [3.63, 3.8) is 0 Å². The molecule has 0 spiro atoms. The van der Waals surface area contributed by atoms with Crippen LogP contribution in [0.1, 0.15) is 44.6 Å². The van der Waals surface area contributed by atoms with E-state index >= 15 is 0 Å². The van der Waals surface area contributed by atoms with Crippen LogP contribution in [0.25, 0.3) is 16.9 Å². The first-order valence-corrected chi connectivity index (χ1v) is 12.7. The third-order valence-corrected chi connectivity index (χ3v) is 6.96. The predicted molar refractivity (Wildman–Crippen MR) is 136 cm³/mol. The van der Waals surface area contributed by atoms with Crippen molar-refractivity contribution in [2.45, 2.75) is 51.5 Å². The Labute approximate surface area is 207 Å². The van der Waals surface area contributed by atoms with Crippen molar-refractivity contribution in [2.75, 3.05) is 26.4 Å². The van der Waals surface area contributed by atoms with Crippen molar-refractivity contribution in [1.29, 1.82) is 0 Å². The van der Waals surface area contributed by atoms with Gasteiger partial charge in [-0.3, -0.25) is 4.79 Å². The maximum absolute atomic E-state index is 12.6. The zero-order valence-electron chi connectivity index (χ0n) is 20.4. The standard InChI is InChI=1S/C28H34N4O3/c1-21-8-5-6-16-31(21)17-7-15-29-27(33)14-12-23-19-32(24-9-3-2-4-10-24)30-28(23)22-11-13-25-26(18-22)35-20-34-25/h2-4,9-11,13,18-19,21H,5-8,12,14-17,20H2,1H3,(H,29,33)/t21-/m0/s1. The molecule has 7 nitrogen and oxygen atoms in total. The van der Waals surface area contributed by atoms with Crippen molar-refractivity contribution in [1.82, 2.24) is 20.0 Å². The molecule has 0 bridgehead atoms. The van der Waals surface area contributed by atoms with Crippen LogP contribution in [-0.4, -0.2) is 53.1 Å². The lowest BCUT2D eigenvalue weighted by molar-refractivity contribution is -0.121. The van der Waals surface area contributed by atoms with Gasteiger partial charge in [0, 0.05) is 37.3 Å². The Balaban J connectivity index is 1.23. The minimum atomic E-state index is 0.0841. The van der Waals surface area contributed by atoms with Gasteiger partial charge in [0.25, 0.3) is 0 Å². The van der Waals surface area contributed by atoms with Crippen LogP contribution < -0.4 is 14.8 Å². The van der Waals surface area contributed by atoms with Gasteiger partial charge in [0.1, 0.15) is 0 Å². The number of fused-ring (bicyclic) bond motifs is 1. The van der Waals surface area contributed by atoms with Crippen LogP contribution in [0.5, 0.6) is 11.5 Å². The van der Waals surface area contributed by atoms with Gasteiger partial charge in [-0.1, -0.05) is 24.6 Å². The van der Waals surface area contributed by atoms with Crippen LogP contribution in [0.15, 0.2) is 54.7 Å². The number of nitrogens with one attached hydrogen (secondary N) is 1. The molecule has 2 aliphatic rings. The van der Waals surface area contributed by atoms with E-state index in [9.17, 15) is 4.79 Å². The molecule has 1 amide bonds. The fourth-order valence-corrected chi connectivity index (χ4v) is 4.93. The first-order valence-electron chi connectivity index (χ1n) is 12.7. The van der Waals surface area contributed by atoms with E-state index in [2.05, 4.69) is 17.1 Å². The van der Waals surface area contributed by atoms with Crippen molar-refractivity contribution >= 4 is 5.91 Å². The predicted octanol–water partition coefficient (Wildman–Crippen LogP) is 4.58. The van der Waals surface area contributed by atoms with E-state index in [0.29, 0.717) is 18.9 Å². The monoisotopic (exact) mass is 474 g/mol. The fourth-order valence-electron chi connectivity index (χ4n) is 4.93. The molecule has 7 heteroatoms. The van der Waals surface area contributed by atoms with Crippen LogP contribution in [0, 0.1) is 0 Å². The Morgan fingerprint density at radius 1 is 1.11 bits per heavy atom. The molecule has 1 saturated heterocycles. The van der Waals surface area contributed by atoms with Crippen LogP contribution >= 0.6 is 0 Å². The van der Waals surface area contributed by atoms with Crippen LogP contribution in [0.3, 0.4) is 0 Å². The van der Waals surface area contributed by atoms with Gasteiger partial charge in [0.15, 0.2) is 11.5 Å². The summed E-state index contributed by atoms with van der Waals surface area (Å²) in [5.74, 6) is 1.56. The minimum Gasteiger partial charge on any atom is -0.454 e. The number of ether oxygens (including phenoxy) is 2. The lowest BCUT2D eigenvalue weighted by Crippen LogP contribution is -2.39. The number of carbonyl (C=O) groups is 1. The van der Waals surface area contributed by atoms with Crippen molar-refractivity contribution < 1.29 is 14.3 Å². The number of aryl methyl sites for hydroxylation is 1. The summed E-state index contributed by atoms with van der Waals surface area (Å²) in [7, 11) is 0. The van der Waals surface area contributed by atoms with Gasteiger partial charge in [-0.2, -0.15) is 5.10 Å². The second-order valence-corrected chi connectivity index (χ2v) is 9.44. The molecule has 1 aromatic heterocycles. The Kier molecular flexibility index (Phi) is 7.33. The lowest BCUT2D eigenvalue weighted by Gasteiger charge is -2.33. The smallest absolute Gasteiger partial charge is 0.231 e. The van der Waals surface area contributed by atoms with E-state index in [1.165, 1.54) is 25.8 Å². The number of rotatable bonds is 9. The van der Waals surface area contributed by atoms with Gasteiger partial charge in [-0.05, 0) is 75.0 Å². The molecular formula is C28H34N4O3. The highest BCUT2D eigenvalue weighted by atomic mass is 16.7. The molecule has 2 aliphatic heterocycles. The molecule has 3 heterocycles. The quantitative estimate of drug-likeness (QED) is 0.460. The highest BCUT2D eigenvalue weighted by molar-refractivity contribution is 5.77. The van der Waals surface area contributed by atoms with Gasteiger partial charge in [-0.25, -0.2) is 4.68 Å². The van der Waals surface area contributed by atoms with Crippen molar-refractivity contribution in [2.24, 2.45) is 0 Å². The summed E-state index contributed by atoms with van der Waals surface area (Å²) in [6, 6.07) is 16.6. The molecule has 0 saturated carbocycles.